The molecule has 2 aromatic rings. The third-order valence-corrected chi connectivity index (χ3v) is 3.16. The van der Waals surface area contributed by atoms with Gasteiger partial charge in [-0.05, 0) is 30.2 Å². The molecule has 0 heterocycles. The first kappa shape index (κ1) is 13.7. The fraction of sp³-hybridized carbons (Fsp3) is 0.250. The van der Waals surface area contributed by atoms with Crippen molar-refractivity contribution in [2.75, 3.05) is 0 Å². The molecule has 1 atom stereocenters. The van der Waals surface area contributed by atoms with E-state index in [4.69, 9.17) is 0 Å². The molecule has 0 fully saturated rings. The molecule has 2 rings (SSSR count). The van der Waals surface area contributed by atoms with Crippen LogP contribution in [0.3, 0.4) is 0 Å². The highest BCUT2D eigenvalue weighted by molar-refractivity contribution is 5.21. The SMILES string of the molecule is CCC(NCc1ccccc1F)c1cccc(F)c1. The van der Waals surface area contributed by atoms with Crippen LogP contribution in [0.5, 0.6) is 0 Å². The summed E-state index contributed by atoms with van der Waals surface area (Å²) in [6, 6.07) is 13.2. The van der Waals surface area contributed by atoms with E-state index in [1.54, 1.807) is 18.2 Å². The van der Waals surface area contributed by atoms with E-state index in [0.29, 0.717) is 12.1 Å². The highest BCUT2D eigenvalue weighted by Gasteiger charge is 2.10. The van der Waals surface area contributed by atoms with E-state index in [9.17, 15) is 8.78 Å². The Labute approximate surface area is 112 Å². The second kappa shape index (κ2) is 6.43. The van der Waals surface area contributed by atoms with Gasteiger partial charge in [-0.3, -0.25) is 0 Å². The summed E-state index contributed by atoms with van der Waals surface area (Å²) in [6.45, 7) is 2.45. The second-order valence-corrected chi connectivity index (χ2v) is 4.49. The molecule has 1 nitrogen and oxygen atoms in total. The average Bonchev–Trinajstić information content (AvgIpc) is 2.41. The predicted molar refractivity (Wildman–Crippen MR) is 72.7 cm³/mol. The summed E-state index contributed by atoms with van der Waals surface area (Å²) in [7, 11) is 0. The van der Waals surface area contributed by atoms with Crippen LogP contribution in [0, 0.1) is 11.6 Å². The van der Waals surface area contributed by atoms with Crippen LogP contribution in [-0.4, -0.2) is 0 Å². The highest BCUT2D eigenvalue weighted by Crippen LogP contribution is 2.18. The molecule has 0 aromatic heterocycles. The van der Waals surface area contributed by atoms with Crippen LogP contribution in [0.2, 0.25) is 0 Å². The number of hydrogen-bond donors (Lipinski definition) is 1. The van der Waals surface area contributed by atoms with Gasteiger partial charge >= 0.3 is 0 Å². The maximum Gasteiger partial charge on any atom is 0.127 e. The summed E-state index contributed by atoms with van der Waals surface area (Å²) in [4.78, 5) is 0. The van der Waals surface area contributed by atoms with Crippen LogP contribution in [0.4, 0.5) is 8.78 Å². The van der Waals surface area contributed by atoms with Gasteiger partial charge in [0.1, 0.15) is 11.6 Å². The lowest BCUT2D eigenvalue weighted by Gasteiger charge is -2.17. The second-order valence-electron chi connectivity index (χ2n) is 4.49. The third-order valence-electron chi connectivity index (χ3n) is 3.16. The van der Waals surface area contributed by atoms with Gasteiger partial charge in [0.2, 0.25) is 0 Å². The Morgan fingerprint density at radius 2 is 1.84 bits per heavy atom. The Morgan fingerprint density at radius 3 is 2.53 bits per heavy atom. The van der Waals surface area contributed by atoms with Crippen LogP contribution in [0.25, 0.3) is 0 Å². The maximum atomic E-state index is 13.5. The number of hydrogen-bond acceptors (Lipinski definition) is 1. The first-order valence-electron chi connectivity index (χ1n) is 6.43. The molecule has 0 radical (unpaired) electrons. The molecule has 0 aliphatic rings. The van der Waals surface area contributed by atoms with Crippen molar-refractivity contribution < 1.29 is 8.78 Å². The molecule has 0 saturated carbocycles. The fourth-order valence-corrected chi connectivity index (χ4v) is 2.10. The number of rotatable bonds is 5. The van der Waals surface area contributed by atoms with Crippen molar-refractivity contribution in [1.82, 2.24) is 5.32 Å². The molecular weight excluding hydrogens is 244 g/mol. The van der Waals surface area contributed by atoms with Gasteiger partial charge in [0.15, 0.2) is 0 Å². The van der Waals surface area contributed by atoms with E-state index in [-0.39, 0.29) is 17.7 Å². The van der Waals surface area contributed by atoms with E-state index in [1.165, 1.54) is 18.2 Å². The van der Waals surface area contributed by atoms with Crippen molar-refractivity contribution in [2.24, 2.45) is 0 Å². The number of benzene rings is 2. The monoisotopic (exact) mass is 261 g/mol. The summed E-state index contributed by atoms with van der Waals surface area (Å²) in [5, 5.41) is 3.26. The van der Waals surface area contributed by atoms with Gasteiger partial charge in [-0.1, -0.05) is 37.3 Å². The fourth-order valence-electron chi connectivity index (χ4n) is 2.10. The van der Waals surface area contributed by atoms with Crippen molar-refractivity contribution in [3.05, 3.63) is 71.3 Å². The van der Waals surface area contributed by atoms with Gasteiger partial charge in [0, 0.05) is 18.2 Å². The van der Waals surface area contributed by atoms with E-state index >= 15 is 0 Å². The van der Waals surface area contributed by atoms with E-state index in [0.717, 1.165) is 12.0 Å². The van der Waals surface area contributed by atoms with Crippen LogP contribution in [0.15, 0.2) is 48.5 Å². The average molecular weight is 261 g/mol. The molecule has 0 amide bonds. The molecule has 1 N–H and O–H groups in total. The molecule has 3 heteroatoms. The van der Waals surface area contributed by atoms with Gasteiger partial charge in [-0.25, -0.2) is 8.78 Å². The largest absolute Gasteiger partial charge is 0.306 e. The first-order valence-corrected chi connectivity index (χ1v) is 6.43. The molecule has 1 unspecified atom stereocenters. The molecule has 0 bridgehead atoms. The van der Waals surface area contributed by atoms with Crippen molar-refractivity contribution in [3.63, 3.8) is 0 Å². The lowest BCUT2D eigenvalue weighted by molar-refractivity contribution is 0.501. The predicted octanol–water partition coefficient (Wildman–Crippen LogP) is 4.21. The smallest absolute Gasteiger partial charge is 0.127 e. The normalized spacial score (nSPS) is 12.4. The minimum atomic E-state index is -0.247. The quantitative estimate of drug-likeness (QED) is 0.850. The minimum Gasteiger partial charge on any atom is -0.306 e. The van der Waals surface area contributed by atoms with Crippen molar-refractivity contribution >= 4 is 0 Å². The zero-order chi connectivity index (χ0) is 13.7. The Morgan fingerprint density at radius 1 is 1.05 bits per heavy atom. The zero-order valence-corrected chi connectivity index (χ0v) is 10.9. The first-order chi connectivity index (χ1) is 9.20. The molecular formula is C16H17F2N. The van der Waals surface area contributed by atoms with Gasteiger partial charge < -0.3 is 5.32 Å². The van der Waals surface area contributed by atoms with Gasteiger partial charge in [0.25, 0.3) is 0 Å². The van der Waals surface area contributed by atoms with Crippen LogP contribution >= 0.6 is 0 Å². The van der Waals surface area contributed by atoms with Crippen LogP contribution in [-0.2, 0) is 6.54 Å². The highest BCUT2D eigenvalue weighted by atomic mass is 19.1. The molecule has 0 aliphatic carbocycles. The Kier molecular flexibility index (Phi) is 4.63. The Balaban J connectivity index is 2.06. The van der Waals surface area contributed by atoms with Gasteiger partial charge in [-0.15, -0.1) is 0 Å². The van der Waals surface area contributed by atoms with Crippen LogP contribution in [0.1, 0.15) is 30.5 Å². The third kappa shape index (κ3) is 3.61. The van der Waals surface area contributed by atoms with E-state index in [1.807, 2.05) is 19.1 Å². The number of nitrogens with one attached hydrogen (secondary N) is 1. The Hall–Kier alpha value is -1.74. The number of halogens is 2. The molecule has 2 aromatic carbocycles. The molecule has 0 saturated heterocycles. The lowest BCUT2D eigenvalue weighted by atomic mass is 10.0. The van der Waals surface area contributed by atoms with E-state index < -0.39 is 0 Å². The van der Waals surface area contributed by atoms with Gasteiger partial charge in [0.05, 0.1) is 0 Å². The minimum absolute atomic E-state index is 0.0234. The summed E-state index contributed by atoms with van der Waals surface area (Å²) in [5.41, 5.74) is 1.51. The lowest BCUT2D eigenvalue weighted by Crippen LogP contribution is -2.21. The maximum absolute atomic E-state index is 13.5. The molecule has 0 aliphatic heterocycles. The summed E-state index contributed by atoms with van der Waals surface area (Å²) < 4.78 is 26.7. The summed E-state index contributed by atoms with van der Waals surface area (Å²) >= 11 is 0. The molecule has 19 heavy (non-hydrogen) atoms. The molecule has 100 valence electrons. The zero-order valence-electron chi connectivity index (χ0n) is 10.9. The van der Waals surface area contributed by atoms with Crippen LogP contribution < -0.4 is 5.32 Å². The molecule has 0 spiro atoms. The van der Waals surface area contributed by atoms with E-state index in [2.05, 4.69) is 5.32 Å². The van der Waals surface area contributed by atoms with Crippen molar-refractivity contribution in [3.8, 4) is 0 Å². The summed E-state index contributed by atoms with van der Waals surface area (Å²) in [5.74, 6) is -0.465. The van der Waals surface area contributed by atoms with Crippen molar-refractivity contribution in [2.45, 2.75) is 25.9 Å². The Bertz CT molecular complexity index is 540. The standard InChI is InChI=1S/C16H17F2N/c1-2-16(12-7-5-8-14(17)10-12)19-11-13-6-3-4-9-15(13)18/h3-10,16,19H,2,11H2,1H3. The van der Waals surface area contributed by atoms with Crippen molar-refractivity contribution in [1.29, 1.82) is 0 Å². The topological polar surface area (TPSA) is 12.0 Å². The van der Waals surface area contributed by atoms with Gasteiger partial charge in [-0.2, -0.15) is 0 Å². The summed E-state index contributed by atoms with van der Waals surface area (Å²) in [6.07, 6.45) is 0.817.